The highest BCUT2D eigenvalue weighted by molar-refractivity contribution is 5.95. The fourth-order valence-corrected chi connectivity index (χ4v) is 3.70. The highest BCUT2D eigenvalue weighted by Crippen LogP contribution is 2.19. The quantitative estimate of drug-likeness (QED) is 0.488. The number of hydrogen-bond acceptors (Lipinski definition) is 4. The lowest BCUT2D eigenvalue weighted by molar-refractivity contribution is 0.0943. The van der Waals surface area contributed by atoms with Crippen molar-refractivity contribution in [1.82, 2.24) is 29.7 Å². The van der Waals surface area contributed by atoms with Crippen LogP contribution >= 0.6 is 0 Å². The van der Waals surface area contributed by atoms with E-state index in [-0.39, 0.29) is 23.4 Å². The molecular weight excluding hydrogens is 404 g/mol. The molecule has 0 aliphatic rings. The van der Waals surface area contributed by atoms with E-state index in [1.807, 2.05) is 56.0 Å². The van der Waals surface area contributed by atoms with Gasteiger partial charge in [-0.25, -0.2) is 4.52 Å². The van der Waals surface area contributed by atoms with E-state index in [2.05, 4.69) is 34.3 Å². The summed E-state index contributed by atoms with van der Waals surface area (Å²) in [5, 5.41) is 11.9. The molecule has 1 unspecified atom stereocenters. The van der Waals surface area contributed by atoms with Crippen molar-refractivity contribution >= 4 is 11.4 Å². The predicted octanol–water partition coefficient (Wildman–Crippen LogP) is 3.44. The molecule has 0 radical (unpaired) electrons. The molecule has 0 spiro atoms. The molecule has 0 saturated heterocycles. The van der Waals surface area contributed by atoms with E-state index < -0.39 is 0 Å². The second-order valence-electron chi connectivity index (χ2n) is 8.68. The van der Waals surface area contributed by atoms with Crippen molar-refractivity contribution in [1.29, 1.82) is 0 Å². The standard InChI is InChI=1S/C24H28N6O2/c1-14(2)21(29-12-15(3)10-26-29)11-25-23(31)19-9-20-24(32)27-22(28-30(20)13-19)18-7-6-16(4)17(5)8-18/h6-10,12-14,21H,11H2,1-5H3,(H,25,31)(H,27,28,32). The number of aryl methyl sites for hydroxylation is 3. The summed E-state index contributed by atoms with van der Waals surface area (Å²) in [6.07, 6.45) is 5.37. The summed E-state index contributed by atoms with van der Waals surface area (Å²) in [6.45, 7) is 10.7. The number of amides is 1. The van der Waals surface area contributed by atoms with Gasteiger partial charge in [-0.05, 0) is 55.5 Å². The minimum Gasteiger partial charge on any atom is -0.350 e. The van der Waals surface area contributed by atoms with Gasteiger partial charge in [0.2, 0.25) is 0 Å². The number of rotatable bonds is 6. The van der Waals surface area contributed by atoms with Crippen LogP contribution in [0.25, 0.3) is 16.9 Å². The third-order valence-corrected chi connectivity index (χ3v) is 5.83. The van der Waals surface area contributed by atoms with Gasteiger partial charge in [-0.1, -0.05) is 26.0 Å². The van der Waals surface area contributed by atoms with Crippen LogP contribution < -0.4 is 10.9 Å². The van der Waals surface area contributed by atoms with Crippen molar-refractivity contribution < 1.29 is 4.79 Å². The summed E-state index contributed by atoms with van der Waals surface area (Å²) in [6, 6.07) is 7.50. The van der Waals surface area contributed by atoms with Gasteiger partial charge in [-0.3, -0.25) is 14.3 Å². The van der Waals surface area contributed by atoms with Crippen molar-refractivity contribution in [3.63, 3.8) is 0 Å². The molecule has 0 bridgehead atoms. The molecule has 8 heteroatoms. The fourth-order valence-electron chi connectivity index (χ4n) is 3.70. The van der Waals surface area contributed by atoms with Crippen LogP contribution in [0.4, 0.5) is 0 Å². The molecule has 3 heterocycles. The molecule has 3 aromatic heterocycles. The van der Waals surface area contributed by atoms with Crippen molar-refractivity contribution in [3.05, 3.63) is 75.5 Å². The zero-order valence-electron chi connectivity index (χ0n) is 19.0. The Balaban J connectivity index is 1.58. The lowest BCUT2D eigenvalue weighted by Gasteiger charge is -2.21. The average Bonchev–Trinajstić information content (AvgIpc) is 3.36. The highest BCUT2D eigenvalue weighted by atomic mass is 16.1. The molecule has 8 nitrogen and oxygen atoms in total. The fraction of sp³-hybridized carbons (Fsp3) is 0.333. The number of H-pyrrole nitrogens is 1. The van der Waals surface area contributed by atoms with E-state index in [9.17, 15) is 9.59 Å². The number of aromatic amines is 1. The van der Waals surface area contributed by atoms with Gasteiger partial charge in [0.15, 0.2) is 5.82 Å². The molecule has 4 aromatic rings. The number of carbonyl (C=O) groups excluding carboxylic acids is 1. The number of nitrogens with zero attached hydrogens (tertiary/aromatic N) is 4. The van der Waals surface area contributed by atoms with Crippen molar-refractivity contribution in [2.24, 2.45) is 5.92 Å². The van der Waals surface area contributed by atoms with Crippen LogP contribution in [0.5, 0.6) is 0 Å². The Morgan fingerprint density at radius 1 is 1.12 bits per heavy atom. The van der Waals surface area contributed by atoms with Crippen LogP contribution in [0.3, 0.4) is 0 Å². The van der Waals surface area contributed by atoms with Crippen LogP contribution in [0.1, 0.15) is 46.9 Å². The summed E-state index contributed by atoms with van der Waals surface area (Å²) in [5.74, 6) is 0.493. The summed E-state index contributed by atoms with van der Waals surface area (Å²) >= 11 is 0. The van der Waals surface area contributed by atoms with Gasteiger partial charge in [0.25, 0.3) is 11.5 Å². The molecular formula is C24H28N6O2. The van der Waals surface area contributed by atoms with Crippen molar-refractivity contribution in [2.45, 2.75) is 40.7 Å². The second kappa shape index (κ2) is 8.45. The number of hydrogen-bond donors (Lipinski definition) is 2. The van der Waals surface area contributed by atoms with Gasteiger partial charge in [-0.2, -0.15) is 5.10 Å². The van der Waals surface area contributed by atoms with E-state index in [0.717, 1.165) is 16.7 Å². The molecule has 0 aliphatic heterocycles. The SMILES string of the molecule is Cc1cnn(C(CNC(=O)c2cc3c(=O)[nH]c(-c4ccc(C)c(C)c4)nn3c2)C(C)C)c1. The van der Waals surface area contributed by atoms with Crippen LogP contribution in [-0.2, 0) is 0 Å². The number of nitrogens with one attached hydrogen (secondary N) is 2. The average molecular weight is 433 g/mol. The van der Waals surface area contributed by atoms with E-state index in [0.29, 0.717) is 23.4 Å². The third kappa shape index (κ3) is 4.21. The van der Waals surface area contributed by atoms with Crippen LogP contribution in [0, 0.1) is 26.7 Å². The molecule has 166 valence electrons. The van der Waals surface area contributed by atoms with E-state index in [1.54, 1.807) is 12.3 Å². The smallest absolute Gasteiger partial charge is 0.275 e. The molecule has 0 saturated carbocycles. The molecule has 4 rings (SSSR count). The van der Waals surface area contributed by atoms with E-state index in [4.69, 9.17) is 0 Å². The summed E-state index contributed by atoms with van der Waals surface area (Å²) in [4.78, 5) is 28.3. The number of benzene rings is 1. The maximum absolute atomic E-state index is 12.8. The molecule has 1 atom stereocenters. The Hall–Kier alpha value is -3.68. The normalized spacial score (nSPS) is 12.4. The Morgan fingerprint density at radius 2 is 1.91 bits per heavy atom. The second-order valence-corrected chi connectivity index (χ2v) is 8.68. The molecule has 1 amide bonds. The van der Waals surface area contributed by atoms with Gasteiger partial charge in [-0.15, -0.1) is 5.10 Å². The first-order chi connectivity index (χ1) is 15.2. The zero-order valence-corrected chi connectivity index (χ0v) is 19.0. The van der Waals surface area contributed by atoms with Crippen molar-refractivity contribution in [3.8, 4) is 11.4 Å². The molecule has 1 aromatic carbocycles. The predicted molar refractivity (Wildman–Crippen MR) is 124 cm³/mol. The summed E-state index contributed by atoms with van der Waals surface area (Å²) in [5.41, 5.74) is 4.60. The lowest BCUT2D eigenvalue weighted by Crippen LogP contribution is -2.33. The maximum Gasteiger partial charge on any atom is 0.275 e. The van der Waals surface area contributed by atoms with Crippen molar-refractivity contribution in [2.75, 3.05) is 6.54 Å². The van der Waals surface area contributed by atoms with Gasteiger partial charge in [0.05, 0.1) is 17.8 Å². The zero-order chi connectivity index (χ0) is 23.0. The van der Waals surface area contributed by atoms with Gasteiger partial charge < -0.3 is 10.3 Å². The Morgan fingerprint density at radius 3 is 2.56 bits per heavy atom. The van der Waals surface area contributed by atoms with Crippen LogP contribution in [-0.4, -0.2) is 36.8 Å². The summed E-state index contributed by atoms with van der Waals surface area (Å²) < 4.78 is 3.35. The van der Waals surface area contributed by atoms with E-state index >= 15 is 0 Å². The Labute approximate surface area is 186 Å². The molecule has 0 aliphatic carbocycles. The van der Waals surface area contributed by atoms with Gasteiger partial charge in [0, 0.05) is 24.5 Å². The minimum atomic E-state index is -0.292. The monoisotopic (exact) mass is 432 g/mol. The van der Waals surface area contributed by atoms with Crippen LogP contribution in [0.2, 0.25) is 0 Å². The van der Waals surface area contributed by atoms with Gasteiger partial charge >= 0.3 is 0 Å². The summed E-state index contributed by atoms with van der Waals surface area (Å²) in [7, 11) is 0. The van der Waals surface area contributed by atoms with Crippen LogP contribution in [0.15, 0.2) is 47.7 Å². The lowest BCUT2D eigenvalue weighted by atomic mass is 10.0. The molecule has 0 fully saturated rings. The maximum atomic E-state index is 12.8. The number of carbonyl (C=O) groups is 1. The third-order valence-electron chi connectivity index (χ3n) is 5.83. The molecule has 32 heavy (non-hydrogen) atoms. The minimum absolute atomic E-state index is 0.0302. The van der Waals surface area contributed by atoms with E-state index in [1.165, 1.54) is 10.1 Å². The highest BCUT2D eigenvalue weighted by Gasteiger charge is 2.19. The molecule has 2 N–H and O–H groups in total. The first-order valence-corrected chi connectivity index (χ1v) is 10.7. The largest absolute Gasteiger partial charge is 0.350 e. The topological polar surface area (TPSA) is 97.1 Å². The first-order valence-electron chi connectivity index (χ1n) is 10.7. The Kier molecular flexibility index (Phi) is 5.69. The van der Waals surface area contributed by atoms with Gasteiger partial charge in [0.1, 0.15) is 5.52 Å². The Bertz CT molecular complexity index is 1340. The number of aromatic nitrogens is 5. The number of fused-ring (bicyclic) bond motifs is 1. The first kappa shape index (κ1) is 21.5.